The summed E-state index contributed by atoms with van der Waals surface area (Å²) in [6.45, 7) is 0.675. The van der Waals surface area contributed by atoms with Gasteiger partial charge in [0.2, 0.25) is 0 Å². The van der Waals surface area contributed by atoms with E-state index in [1.54, 1.807) is 0 Å². The molecule has 0 amide bonds. The molecule has 0 radical (unpaired) electrons. The number of nitrogens with zero attached hydrogens (tertiary/aromatic N) is 1. The van der Waals surface area contributed by atoms with E-state index < -0.39 is 0 Å². The van der Waals surface area contributed by atoms with Gasteiger partial charge in [0.15, 0.2) is 0 Å². The average molecular weight is 199 g/mol. The Labute approximate surface area is 84.3 Å². The summed E-state index contributed by atoms with van der Waals surface area (Å²) in [4.78, 5) is 2.00. The van der Waals surface area contributed by atoms with Gasteiger partial charge in [0.05, 0.1) is 10.7 Å². The van der Waals surface area contributed by atoms with Gasteiger partial charge in [-0.1, -0.05) is 17.7 Å². The van der Waals surface area contributed by atoms with Crippen molar-refractivity contribution in [3.05, 3.63) is 28.8 Å². The molecular weight excluding hydrogens is 184 g/mol. The monoisotopic (exact) mass is 198 g/mol. The smallest absolute Gasteiger partial charge is 0.0639 e. The summed E-state index contributed by atoms with van der Waals surface area (Å²) >= 11 is 6.02. The van der Waals surface area contributed by atoms with Crippen LogP contribution >= 0.6 is 11.6 Å². The number of halogens is 1. The number of nitrogens with two attached hydrogens (primary N) is 1. The number of rotatable bonds is 3. The molecule has 0 fully saturated rings. The summed E-state index contributed by atoms with van der Waals surface area (Å²) in [5.41, 5.74) is 7.76. The van der Waals surface area contributed by atoms with Crippen LogP contribution < -0.4 is 10.6 Å². The zero-order chi connectivity index (χ0) is 9.84. The highest BCUT2D eigenvalue weighted by molar-refractivity contribution is 6.33. The Hall–Kier alpha value is -0.730. The molecule has 0 saturated heterocycles. The molecule has 0 unspecified atom stereocenters. The molecule has 0 bridgehead atoms. The Morgan fingerprint density at radius 2 is 2.08 bits per heavy atom. The standard InChI is InChI=1S/C10H15ClN2/c1-13(2)10-7-8(5-6-12)3-4-9(10)11/h3-4,7H,5-6,12H2,1-2H3. The summed E-state index contributed by atoms with van der Waals surface area (Å²) in [5, 5.41) is 0.783. The number of hydrogen-bond donors (Lipinski definition) is 1. The minimum absolute atomic E-state index is 0.675. The molecule has 0 aliphatic heterocycles. The van der Waals surface area contributed by atoms with Gasteiger partial charge in [-0.3, -0.25) is 0 Å². The van der Waals surface area contributed by atoms with E-state index in [1.807, 2.05) is 31.1 Å². The lowest BCUT2D eigenvalue weighted by Crippen LogP contribution is -2.10. The van der Waals surface area contributed by atoms with Crippen molar-refractivity contribution >= 4 is 17.3 Å². The minimum Gasteiger partial charge on any atom is -0.376 e. The molecule has 1 aromatic carbocycles. The highest BCUT2D eigenvalue weighted by atomic mass is 35.5. The summed E-state index contributed by atoms with van der Waals surface area (Å²) in [5.74, 6) is 0. The van der Waals surface area contributed by atoms with E-state index in [9.17, 15) is 0 Å². The van der Waals surface area contributed by atoms with Crippen molar-refractivity contribution in [2.75, 3.05) is 25.5 Å². The topological polar surface area (TPSA) is 29.3 Å². The highest BCUT2D eigenvalue weighted by Gasteiger charge is 2.02. The predicted octanol–water partition coefficient (Wildman–Crippen LogP) is 1.91. The second-order valence-corrected chi connectivity index (χ2v) is 3.63. The zero-order valence-electron chi connectivity index (χ0n) is 8.05. The Kier molecular flexibility index (Phi) is 3.58. The van der Waals surface area contributed by atoms with Crippen molar-refractivity contribution in [1.82, 2.24) is 0 Å². The number of hydrogen-bond acceptors (Lipinski definition) is 2. The number of benzene rings is 1. The molecule has 2 nitrogen and oxygen atoms in total. The predicted molar refractivity (Wildman–Crippen MR) is 58.5 cm³/mol. The number of anilines is 1. The van der Waals surface area contributed by atoms with E-state index in [1.165, 1.54) is 5.56 Å². The van der Waals surface area contributed by atoms with E-state index in [2.05, 4.69) is 6.07 Å². The minimum atomic E-state index is 0.675. The van der Waals surface area contributed by atoms with Crippen molar-refractivity contribution < 1.29 is 0 Å². The second kappa shape index (κ2) is 4.49. The molecule has 1 aromatic rings. The van der Waals surface area contributed by atoms with Crippen LogP contribution in [-0.4, -0.2) is 20.6 Å². The molecule has 0 aliphatic carbocycles. The van der Waals surface area contributed by atoms with Crippen LogP contribution in [0.2, 0.25) is 5.02 Å². The lowest BCUT2D eigenvalue weighted by molar-refractivity contribution is 0.966. The fraction of sp³-hybridized carbons (Fsp3) is 0.400. The summed E-state index contributed by atoms with van der Waals surface area (Å²) in [6, 6.07) is 6.01. The Morgan fingerprint density at radius 1 is 1.38 bits per heavy atom. The molecule has 3 heteroatoms. The van der Waals surface area contributed by atoms with Gasteiger partial charge < -0.3 is 10.6 Å². The van der Waals surface area contributed by atoms with Crippen molar-refractivity contribution in [2.24, 2.45) is 5.73 Å². The summed E-state index contributed by atoms with van der Waals surface area (Å²) in [6.07, 6.45) is 0.901. The van der Waals surface area contributed by atoms with Gasteiger partial charge in [0, 0.05) is 14.1 Å². The van der Waals surface area contributed by atoms with Crippen LogP contribution in [0.25, 0.3) is 0 Å². The maximum Gasteiger partial charge on any atom is 0.0639 e. The third-order valence-corrected chi connectivity index (χ3v) is 2.24. The normalized spacial score (nSPS) is 10.2. The largest absolute Gasteiger partial charge is 0.376 e. The molecular formula is C10H15ClN2. The molecule has 1 rings (SSSR count). The molecule has 0 spiro atoms. The Balaban J connectivity index is 2.97. The molecule has 0 aliphatic rings. The Bertz CT molecular complexity index is 284. The van der Waals surface area contributed by atoms with Crippen LogP contribution in [0.5, 0.6) is 0 Å². The molecule has 0 saturated carbocycles. The van der Waals surface area contributed by atoms with E-state index in [-0.39, 0.29) is 0 Å². The SMILES string of the molecule is CN(C)c1cc(CCN)ccc1Cl. The molecule has 2 N–H and O–H groups in total. The van der Waals surface area contributed by atoms with E-state index in [0.29, 0.717) is 6.54 Å². The third-order valence-electron chi connectivity index (χ3n) is 1.93. The van der Waals surface area contributed by atoms with Crippen LogP contribution in [0.1, 0.15) is 5.56 Å². The van der Waals surface area contributed by atoms with E-state index in [0.717, 1.165) is 17.1 Å². The van der Waals surface area contributed by atoms with E-state index in [4.69, 9.17) is 17.3 Å². The fourth-order valence-corrected chi connectivity index (χ4v) is 1.51. The van der Waals surface area contributed by atoms with Crippen molar-refractivity contribution in [3.8, 4) is 0 Å². The van der Waals surface area contributed by atoms with Gasteiger partial charge in [-0.25, -0.2) is 0 Å². The quantitative estimate of drug-likeness (QED) is 0.804. The van der Waals surface area contributed by atoms with Gasteiger partial charge in [-0.2, -0.15) is 0 Å². The highest BCUT2D eigenvalue weighted by Crippen LogP contribution is 2.25. The van der Waals surface area contributed by atoms with Crippen molar-refractivity contribution in [3.63, 3.8) is 0 Å². The average Bonchev–Trinajstić information content (AvgIpc) is 2.08. The Morgan fingerprint density at radius 3 is 2.62 bits per heavy atom. The second-order valence-electron chi connectivity index (χ2n) is 3.22. The van der Waals surface area contributed by atoms with Gasteiger partial charge in [0.1, 0.15) is 0 Å². The first-order chi connectivity index (χ1) is 6.15. The van der Waals surface area contributed by atoms with Gasteiger partial charge >= 0.3 is 0 Å². The molecule has 0 atom stereocenters. The first-order valence-corrected chi connectivity index (χ1v) is 4.68. The first kappa shape index (κ1) is 10.4. The lowest BCUT2D eigenvalue weighted by atomic mass is 10.1. The third kappa shape index (κ3) is 2.61. The van der Waals surface area contributed by atoms with Gasteiger partial charge in [-0.15, -0.1) is 0 Å². The molecule has 0 heterocycles. The lowest BCUT2D eigenvalue weighted by Gasteiger charge is -2.15. The zero-order valence-corrected chi connectivity index (χ0v) is 8.80. The van der Waals surface area contributed by atoms with Crippen LogP contribution in [0.3, 0.4) is 0 Å². The van der Waals surface area contributed by atoms with Crippen LogP contribution in [-0.2, 0) is 6.42 Å². The van der Waals surface area contributed by atoms with Crippen molar-refractivity contribution in [1.29, 1.82) is 0 Å². The first-order valence-electron chi connectivity index (χ1n) is 4.31. The van der Waals surface area contributed by atoms with Crippen molar-refractivity contribution in [2.45, 2.75) is 6.42 Å². The molecule has 72 valence electrons. The van der Waals surface area contributed by atoms with Gasteiger partial charge in [-0.05, 0) is 30.7 Å². The van der Waals surface area contributed by atoms with E-state index >= 15 is 0 Å². The van der Waals surface area contributed by atoms with Crippen LogP contribution in [0.15, 0.2) is 18.2 Å². The summed E-state index contributed by atoms with van der Waals surface area (Å²) < 4.78 is 0. The molecule has 0 aromatic heterocycles. The molecule has 13 heavy (non-hydrogen) atoms. The van der Waals surface area contributed by atoms with Gasteiger partial charge in [0.25, 0.3) is 0 Å². The fourth-order valence-electron chi connectivity index (χ4n) is 1.22. The summed E-state index contributed by atoms with van der Waals surface area (Å²) in [7, 11) is 3.96. The maximum absolute atomic E-state index is 6.02. The maximum atomic E-state index is 6.02. The van der Waals surface area contributed by atoms with Crippen LogP contribution in [0.4, 0.5) is 5.69 Å². The van der Waals surface area contributed by atoms with Crippen LogP contribution in [0, 0.1) is 0 Å².